The third kappa shape index (κ3) is 2.59. The fourth-order valence-corrected chi connectivity index (χ4v) is 2.33. The molecular formula is C13H19ClN2O2. The molecule has 1 aromatic heterocycles. The minimum atomic E-state index is -0.360. The molecule has 0 spiro atoms. The van der Waals surface area contributed by atoms with E-state index < -0.39 is 0 Å². The number of halogens is 1. The van der Waals surface area contributed by atoms with Crippen LogP contribution in [0.3, 0.4) is 0 Å². The Bertz CT molecular complexity index is 438. The first-order valence-electron chi connectivity index (χ1n) is 6.45. The smallest absolute Gasteiger partial charge is 0.211 e. The monoisotopic (exact) mass is 270 g/mol. The second-order valence-electron chi connectivity index (χ2n) is 4.96. The summed E-state index contributed by atoms with van der Waals surface area (Å²) in [5.41, 5.74) is 0.483. The van der Waals surface area contributed by atoms with Crippen LogP contribution < -0.4 is 0 Å². The largest absolute Gasteiger partial charge is 0.370 e. The Morgan fingerprint density at radius 3 is 2.78 bits per heavy atom. The lowest BCUT2D eigenvalue weighted by atomic mass is 10.1. The summed E-state index contributed by atoms with van der Waals surface area (Å²) in [6.07, 6.45) is 3.29. The number of ketones is 1. The van der Waals surface area contributed by atoms with Crippen molar-refractivity contribution < 1.29 is 9.53 Å². The van der Waals surface area contributed by atoms with Crippen molar-refractivity contribution in [1.29, 1.82) is 0 Å². The van der Waals surface area contributed by atoms with Gasteiger partial charge in [0.05, 0.1) is 11.2 Å². The lowest BCUT2D eigenvalue weighted by Gasteiger charge is -2.17. The Morgan fingerprint density at radius 2 is 2.28 bits per heavy atom. The van der Waals surface area contributed by atoms with Crippen molar-refractivity contribution in [2.75, 3.05) is 6.61 Å². The van der Waals surface area contributed by atoms with Crippen LogP contribution in [0.5, 0.6) is 0 Å². The fourth-order valence-electron chi connectivity index (χ4n) is 2.10. The van der Waals surface area contributed by atoms with E-state index in [2.05, 4.69) is 5.10 Å². The number of hydrogen-bond acceptors (Lipinski definition) is 3. The molecule has 1 heterocycles. The van der Waals surface area contributed by atoms with Crippen molar-refractivity contribution in [3.63, 3.8) is 0 Å². The molecule has 0 radical (unpaired) electrons. The van der Waals surface area contributed by atoms with E-state index in [1.54, 1.807) is 4.68 Å². The lowest BCUT2D eigenvalue weighted by molar-refractivity contribution is 0.0364. The average Bonchev–Trinajstić information content (AvgIpc) is 3.07. The number of aromatic nitrogens is 2. The third-order valence-corrected chi connectivity index (χ3v) is 3.40. The maximum absolute atomic E-state index is 12.6. The van der Waals surface area contributed by atoms with Crippen molar-refractivity contribution in [2.45, 2.75) is 45.8 Å². The summed E-state index contributed by atoms with van der Waals surface area (Å²) in [6, 6.07) is 0.109. The standard InChI is InChI=1S/C13H19ClN2O2/c1-4-18-13(9-5-6-9)12(17)11-10(14)7-15-16(11)8(2)3/h7-9,13H,4-6H2,1-3H3. The maximum atomic E-state index is 12.6. The number of nitrogens with zero attached hydrogens (tertiary/aromatic N) is 2. The second kappa shape index (κ2) is 5.41. The molecule has 4 nitrogen and oxygen atoms in total. The number of Topliss-reactive ketones (excluding diaryl/α,β-unsaturated/α-hetero) is 1. The van der Waals surface area contributed by atoms with E-state index in [0.717, 1.165) is 12.8 Å². The molecule has 1 aromatic rings. The van der Waals surface area contributed by atoms with Crippen LogP contribution in [-0.4, -0.2) is 28.3 Å². The van der Waals surface area contributed by atoms with Gasteiger partial charge in [-0.05, 0) is 39.5 Å². The number of carbonyl (C=O) groups is 1. The zero-order valence-electron chi connectivity index (χ0n) is 11.0. The fraction of sp³-hybridized carbons (Fsp3) is 0.692. The topological polar surface area (TPSA) is 44.1 Å². The average molecular weight is 271 g/mol. The number of ether oxygens (including phenoxy) is 1. The molecule has 1 unspecified atom stereocenters. The Morgan fingerprint density at radius 1 is 1.61 bits per heavy atom. The molecule has 1 fully saturated rings. The highest BCUT2D eigenvalue weighted by Crippen LogP contribution is 2.37. The molecule has 1 atom stereocenters. The third-order valence-electron chi connectivity index (χ3n) is 3.13. The SMILES string of the molecule is CCOC(C(=O)c1c(Cl)cnn1C(C)C)C1CC1. The predicted molar refractivity (Wildman–Crippen MR) is 70.1 cm³/mol. The minimum Gasteiger partial charge on any atom is -0.370 e. The molecule has 0 bridgehead atoms. The second-order valence-corrected chi connectivity index (χ2v) is 5.36. The summed E-state index contributed by atoms with van der Waals surface area (Å²) >= 11 is 6.09. The minimum absolute atomic E-state index is 0.0319. The lowest BCUT2D eigenvalue weighted by Crippen LogP contribution is -2.29. The van der Waals surface area contributed by atoms with Crippen LogP contribution in [0.2, 0.25) is 5.02 Å². The van der Waals surface area contributed by atoms with Crippen LogP contribution in [0.25, 0.3) is 0 Å². The molecule has 0 amide bonds. The summed E-state index contributed by atoms with van der Waals surface area (Å²) in [6.45, 7) is 6.41. The molecule has 0 aliphatic heterocycles. The van der Waals surface area contributed by atoms with E-state index in [1.807, 2.05) is 20.8 Å². The van der Waals surface area contributed by atoms with Gasteiger partial charge in [0.15, 0.2) is 0 Å². The summed E-state index contributed by atoms with van der Waals surface area (Å²) in [7, 11) is 0. The predicted octanol–water partition coefficient (Wildman–Crippen LogP) is 3.12. The molecule has 1 saturated carbocycles. The number of rotatable bonds is 6. The number of hydrogen-bond donors (Lipinski definition) is 0. The van der Waals surface area contributed by atoms with Gasteiger partial charge in [-0.2, -0.15) is 5.10 Å². The molecule has 0 N–H and O–H groups in total. The zero-order valence-corrected chi connectivity index (χ0v) is 11.8. The number of carbonyl (C=O) groups excluding carboxylic acids is 1. The normalized spacial score (nSPS) is 17.2. The van der Waals surface area contributed by atoms with Gasteiger partial charge >= 0.3 is 0 Å². The Kier molecular flexibility index (Phi) is 4.07. The zero-order chi connectivity index (χ0) is 13.3. The highest BCUT2D eigenvalue weighted by atomic mass is 35.5. The van der Waals surface area contributed by atoms with Gasteiger partial charge < -0.3 is 4.74 Å². The van der Waals surface area contributed by atoms with Gasteiger partial charge in [-0.3, -0.25) is 9.48 Å². The Balaban J connectivity index is 2.28. The van der Waals surface area contributed by atoms with Gasteiger partial charge in [0.2, 0.25) is 5.78 Å². The highest BCUT2D eigenvalue weighted by molar-refractivity contribution is 6.33. The molecule has 1 aliphatic carbocycles. The molecule has 0 saturated heterocycles. The first-order valence-corrected chi connectivity index (χ1v) is 6.82. The summed E-state index contributed by atoms with van der Waals surface area (Å²) in [5.74, 6) is 0.319. The van der Waals surface area contributed by atoms with Gasteiger partial charge in [0.1, 0.15) is 11.8 Å². The Labute approximate surface area is 112 Å². The molecule has 2 rings (SSSR count). The van der Waals surface area contributed by atoms with E-state index in [9.17, 15) is 4.79 Å². The van der Waals surface area contributed by atoms with Crippen LogP contribution in [0.1, 0.15) is 50.1 Å². The molecule has 18 heavy (non-hydrogen) atoms. The van der Waals surface area contributed by atoms with Crippen molar-refractivity contribution in [2.24, 2.45) is 5.92 Å². The van der Waals surface area contributed by atoms with Gasteiger partial charge in [0.25, 0.3) is 0 Å². The van der Waals surface area contributed by atoms with Gasteiger partial charge in [-0.1, -0.05) is 11.6 Å². The van der Waals surface area contributed by atoms with Crippen LogP contribution in [0.4, 0.5) is 0 Å². The molecule has 5 heteroatoms. The van der Waals surface area contributed by atoms with Crippen LogP contribution in [-0.2, 0) is 4.74 Å². The highest BCUT2D eigenvalue weighted by Gasteiger charge is 2.39. The van der Waals surface area contributed by atoms with Gasteiger partial charge in [0, 0.05) is 12.6 Å². The molecule has 1 aliphatic rings. The van der Waals surface area contributed by atoms with Crippen molar-refractivity contribution in [3.05, 3.63) is 16.9 Å². The first-order chi connectivity index (χ1) is 8.56. The van der Waals surface area contributed by atoms with E-state index in [0.29, 0.717) is 23.2 Å². The van der Waals surface area contributed by atoms with E-state index in [1.165, 1.54) is 6.20 Å². The van der Waals surface area contributed by atoms with Gasteiger partial charge in [-0.25, -0.2) is 0 Å². The summed E-state index contributed by atoms with van der Waals surface area (Å²) in [5, 5.41) is 4.58. The van der Waals surface area contributed by atoms with Gasteiger partial charge in [-0.15, -0.1) is 0 Å². The molecular weight excluding hydrogens is 252 g/mol. The van der Waals surface area contributed by atoms with Crippen molar-refractivity contribution >= 4 is 17.4 Å². The van der Waals surface area contributed by atoms with Crippen LogP contribution in [0.15, 0.2) is 6.20 Å². The van der Waals surface area contributed by atoms with Crippen LogP contribution in [0, 0.1) is 5.92 Å². The summed E-state index contributed by atoms with van der Waals surface area (Å²) in [4.78, 5) is 12.6. The Hall–Kier alpha value is -0.870. The van der Waals surface area contributed by atoms with Crippen LogP contribution >= 0.6 is 11.6 Å². The molecule has 0 aromatic carbocycles. The van der Waals surface area contributed by atoms with E-state index in [4.69, 9.17) is 16.3 Å². The van der Waals surface area contributed by atoms with E-state index in [-0.39, 0.29) is 17.9 Å². The van der Waals surface area contributed by atoms with Crippen molar-refractivity contribution in [1.82, 2.24) is 9.78 Å². The van der Waals surface area contributed by atoms with E-state index >= 15 is 0 Å². The summed E-state index contributed by atoms with van der Waals surface area (Å²) < 4.78 is 7.27. The quantitative estimate of drug-likeness (QED) is 0.746. The first kappa shape index (κ1) is 13.6. The molecule has 100 valence electrons. The van der Waals surface area contributed by atoms with Crippen molar-refractivity contribution in [3.8, 4) is 0 Å². The maximum Gasteiger partial charge on any atom is 0.211 e.